The van der Waals surface area contributed by atoms with Crippen LogP contribution in [0, 0.1) is 11.8 Å². The summed E-state index contributed by atoms with van der Waals surface area (Å²) in [5.74, 6) is 1.78. The second-order valence-electron chi connectivity index (χ2n) is 6.87. The third-order valence-electron chi connectivity index (χ3n) is 5.25. The average Bonchev–Trinajstić information content (AvgIpc) is 2.37. The van der Waals surface area contributed by atoms with Gasteiger partial charge in [0.2, 0.25) is 0 Å². The van der Waals surface area contributed by atoms with Crippen LogP contribution in [0.1, 0.15) is 40.0 Å². The van der Waals surface area contributed by atoms with E-state index >= 15 is 0 Å². The van der Waals surface area contributed by atoms with Gasteiger partial charge in [-0.1, -0.05) is 13.3 Å². The van der Waals surface area contributed by atoms with E-state index in [0.29, 0.717) is 0 Å². The first-order valence-corrected chi connectivity index (χ1v) is 8.27. The third-order valence-corrected chi connectivity index (χ3v) is 5.25. The molecular formula is C16H33N3. The van der Waals surface area contributed by atoms with Crippen molar-refractivity contribution in [1.82, 2.24) is 15.1 Å². The van der Waals surface area contributed by atoms with Crippen LogP contribution in [0.3, 0.4) is 0 Å². The molecule has 112 valence electrons. The molecule has 2 bridgehead atoms. The van der Waals surface area contributed by atoms with Crippen LogP contribution in [0.4, 0.5) is 0 Å². The van der Waals surface area contributed by atoms with Crippen molar-refractivity contribution in [2.45, 2.75) is 52.1 Å². The van der Waals surface area contributed by atoms with E-state index in [1.165, 1.54) is 38.9 Å². The molecule has 1 saturated carbocycles. The number of likely N-dealkylation sites (tertiary alicyclic amines) is 1. The van der Waals surface area contributed by atoms with Crippen LogP contribution in [-0.4, -0.2) is 61.7 Å². The van der Waals surface area contributed by atoms with E-state index in [4.69, 9.17) is 0 Å². The quantitative estimate of drug-likeness (QED) is 0.794. The van der Waals surface area contributed by atoms with Gasteiger partial charge in [0.1, 0.15) is 0 Å². The maximum atomic E-state index is 3.88. The summed E-state index contributed by atoms with van der Waals surface area (Å²) >= 11 is 0. The third kappa shape index (κ3) is 3.93. The monoisotopic (exact) mass is 267 g/mol. The summed E-state index contributed by atoms with van der Waals surface area (Å²) in [5.41, 5.74) is 0. The van der Waals surface area contributed by atoms with E-state index in [1.54, 1.807) is 0 Å². The maximum absolute atomic E-state index is 3.88. The van der Waals surface area contributed by atoms with Gasteiger partial charge in [-0.2, -0.15) is 0 Å². The van der Waals surface area contributed by atoms with Gasteiger partial charge >= 0.3 is 0 Å². The summed E-state index contributed by atoms with van der Waals surface area (Å²) in [4.78, 5) is 5.09. The minimum absolute atomic E-state index is 0.718. The Balaban J connectivity index is 1.84. The highest BCUT2D eigenvalue weighted by Crippen LogP contribution is 2.35. The Hall–Kier alpha value is -0.120. The van der Waals surface area contributed by atoms with E-state index in [9.17, 15) is 0 Å². The molecule has 2 rings (SSSR count). The van der Waals surface area contributed by atoms with Crippen molar-refractivity contribution >= 4 is 0 Å². The first kappa shape index (κ1) is 15.3. The van der Waals surface area contributed by atoms with Crippen LogP contribution in [0.2, 0.25) is 0 Å². The molecule has 19 heavy (non-hydrogen) atoms. The number of nitrogens with one attached hydrogen (secondary N) is 1. The highest BCUT2D eigenvalue weighted by Gasteiger charge is 2.39. The van der Waals surface area contributed by atoms with Crippen LogP contribution in [0.15, 0.2) is 0 Å². The largest absolute Gasteiger partial charge is 0.312 e. The zero-order valence-electron chi connectivity index (χ0n) is 13.4. The molecule has 2 fully saturated rings. The van der Waals surface area contributed by atoms with Gasteiger partial charge in [-0.25, -0.2) is 0 Å². The lowest BCUT2D eigenvalue weighted by molar-refractivity contribution is 0.0291. The van der Waals surface area contributed by atoms with Crippen molar-refractivity contribution in [3.05, 3.63) is 0 Å². The fourth-order valence-electron chi connectivity index (χ4n) is 3.81. The van der Waals surface area contributed by atoms with Crippen molar-refractivity contribution < 1.29 is 0 Å². The van der Waals surface area contributed by atoms with Crippen molar-refractivity contribution in [2.75, 3.05) is 39.8 Å². The molecule has 2 unspecified atom stereocenters. The summed E-state index contributed by atoms with van der Waals surface area (Å²) in [5, 5.41) is 3.88. The molecule has 0 aromatic rings. The topological polar surface area (TPSA) is 18.5 Å². The Morgan fingerprint density at radius 1 is 1.21 bits per heavy atom. The van der Waals surface area contributed by atoms with E-state index in [1.807, 2.05) is 0 Å². The average molecular weight is 267 g/mol. The number of hydrogen-bond acceptors (Lipinski definition) is 3. The highest BCUT2D eigenvalue weighted by atomic mass is 15.2. The summed E-state index contributed by atoms with van der Waals surface area (Å²) in [6.07, 6.45) is 4.32. The van der Waals surface area contributed by atoms with Gasteiger partial charge in [0, 0.05) is 38.3 Å². The lowest BCUT2D eigenvalue weighted by atomic mass is 9.73. The Kier molecular flexibility index (Phi) is 5.67. The van der Waals surface area contributed by atoms with E-state index < -0.39 is 0 Å². The number of fused-ring (bicyclic) bond motifs is 2. The first-order chi connectivity index (χ1) is 9.11. The zero-order chi connectivity index (χ0) is 13.8. The Labute approximate surface area is 119 Å². The van der Waals surface area contributed by atoms with Gasteiger partial charge in [-0.05, 0) is 52.1 Å². The number of piperidine rings is 1. The predicted molar refractivity (Wildman–Crippen MR) is 82.5 cm³/mol. The Bertz CT molecular complexity index is 253. The smallest absolute Gasteiger partial charge is 0.0148 e. The van der Waals surface area contributed by atoms with Gasteiger partial charge in [-0.3, -0.25) is 0 Å². The molecule has 1 aliphatic carbocycles. The van der Waals surface area contributed by atoms with E-state index in [-0.39, 0.29) is 0 Å². The molecule has 1 heterocycles. The highest BCUT2D eigenvalue weighted by molar-refractivity contribution is 4.95. The predicted octanol–water partition coefficient (Wildman–Crippen LogP) is 2.04. The van der Waals surface area contributed by atoms with Gasteiger partial charge in [0.25, 0.3) is 0 Å². The lowest BCUT2D eigenvalue weighted by Crippen LogP contribution is -2.58. The fourth-order valence-corrected chi connectivity index (χ4v) is 3.81. The van der Waals surface area contributed by atoms with Crippen molar-refractivity contribution in [1.29, 1.82) is 0 Å². The maximum Gasteiger partial charge on any atom is 0.0148 e. The Morgan fingerprint density at radius 3 is 2.37 bits per heavy atom. The number of nitrogens with zero attached hydrogens (tertiary/aromatic N) is 2. The number of hydrogen-bond donors (Lipinski definition) is 1. The van der Waals surface area contributed by atoms with Crippen molar-refractivity contribution in [3.8, 4) is 0 Å². The number of likely N-dealkylation sites (N-methyl/N-ethyl adjacent to an activating group) is 1. The molecular weight excluding hydrogens is 234 g/mol. The SMILES string of the molecule is CCN(C)CCNC1C2CCCC1CN(C(C)C)C2. The minimum atomic E-state index is 0.718. The molecule has 0 radical (unpaired) electrons. The van der Waals surface area contributed by atoms with Crippen LogP contribution in [0.5, 0.6) is 0 Å². The molecule has 1 aliphatic heterocycles. The molecule has 0 spiro atoms. The molecule has 3 heteroatoms. The molecule has 1 N–H and O–H groups in total. The van der Waals surface area contributed by atoms with E-state index in [0.717, 1.165) is 37.0 Å². The second kappa shape index (κ2) is 7.05. The van der Waals surface area contributed by atoms with Crippen LogP contribution in [-0.2, 0) is 0 Å². The van der Waals surface area contributed by atoms with Gasteiger partial charge < -0.3 is 15.1 Å². The summed E-state index contributed by atoms with van der Waals surface area (Å²) in [6.45, 7) is 13.0. The van der Waals surface area contributed by atoms with Crippen molar-refractivity contribution in [3.63, 3.8) is 0 Å². The zero-order valence-corrected chi connectivity index (χ0v) is 13.4. The van der Waals surface area contributed by atoms with Crippen LogP contribution >= 0.6 is 0 Å². The molecule has 2 aliphatic rings. The second-order valence-corrected chi connectivity index (χ2v) is 6.87. The van der Waals surface area contributed by atoms with Crippen LogP contribution < -0.4 is 5.32 Å². The van der Waals surface area contributed by atoms with Gasteiger partial charge in [-0.15, -0.1) is 0 Å². The van der Waals surface area contributed by atoms with E-state index in [2.05, 4.69) is 42.9 Å². The summed E-state index contributed by atoms with van der Waals surface area (Å²) < 4.78 is 0. The molecule has 3 nitrogen and oxygen atoms in total. The van der Waals surface area contributed by atoms with Crippen molar-refractivity contribution in [2.24, 2.45) is 11.8 Å². The minimum Gasteiger partial charge on any atom is -0.312 e. The number of rotatable bonds is 6. The molecule has 2 atom stereocenters. The van der Waals surface area contributed by atoms with Gasteiger partial charge in [0.15, 0.2) is 0 Å². The molecule has 0 aromatic heterocycles. The summed E-state index contributed by atoms with van der Waals surface area (Å²) in [7, 11) is 2.21. The van der Waals surface area contributed by atoms with Gasteiger partial charge in [0.05, 0.1) is 0 Å². The first-order valence-electron chi connectivity index (χ1n) is 8.27. The normalized spacial score (nSPS) is 32.2. The standard InChI is InChI=1S/C16H33N3/c1-5-18(4)10-9-17-16-14-7-6-8-15(16)12-19(11-14)13(2)3/h13-17H,5-12H2,1-4H3. The lowest BCUT2D eigenvalue weighted by Gasteiger charge is -2.49. The van der Waals surface area contributed by atoms with Crippen LogP contribution in [0.25, 0.3) is 0 Å². The Morgan fingerprint density at radius 2 is 1.84 bits per heavy atom. The fraction of sp³-hybridized carbons (Fsp3) is 1.00. The molecule has 0 aromatic carbocycles. The molecule has 1 saturated heterocycles. The summed E-state index contributed by atoms with van der Waals surface area (Å²) in [6, 6.07) is 1.50. The molecule has 0 amide bonds.